The Morgan fingerprint density at radius 3 is 2.88 bits per heavy atom. The number of halogens is 1. The number of hydrogen-bond acceptors (Lipinski definition) is 3. The summed E-state index contributed by atoms with van der Waals surface area (Å²) in [6, 6.07) is 4.16. The molecule has 5 nitrogen and oxygen atoms in total. The van der Waals surface area contributed by atoms with Gasteiger partial charge < -0.3 is 10.1 Å². The van der Waals surface area contributed by atoms with E-state index in [0.717, 1.165) is 0 Å². The number of aliphatic imine (C=N–C) groups is 1. The molecule has 0 aliphatic rings. The highest BCUT2D eigenvalue weighted by Gasteiger charge is 2.06. The van der Waals surface area contributed by atoms with Crippen molar-refractivity contribution in [2.75, 3.05) is 19.0 Å². The van der Waals surface area contributed by atoms with E-state index < -0.39 is 0 Å². The predicted molar refractivity (Wildman–Crippen MR) is 61.9 cm³/mol. The molecule has 6 heteroatoms. The quantitative estimate of drug-likeness (QED) is 0.312. The summed E-state index contributed by atoms with van der Waals surface area (Å²) < 4.78 is 17.9. The summed E-state index contributed by atoms with van der Waals surface area (Å²) in [6.07, 6.45) is 0. The molecular formula is C10H15FN4O. The van der Waals surface area contributed by atoms with Gasteiger partial charge in [-0.05, 0) is 19.1 Å². The van der Waals surface area contributed by atoms with Crippen LogP contribution in [0.5, 0.6) is 5.75 Å². The third kappa shape index (κ3) is 3.09. The monoisotopic (exact) mass is 226 g/mol. The summed E-state index contributed by atoms with van der Waals surface area (Å²) in [5.74, 6) is 5.69. The second kappa shape index (κ2) is 5.92. The Kier molecular flexibility index (Phi) is 4.53. The van der Waals surface area contributed by atoms with Gasteiger partial charge in [0, 0.05) is 12.6 Å². The van der Waals surface area contributed by atoms with Crippen LogP contribution >= 0.6 is 0 Å². The molecule has 16 heavy (non-hydrogen) atoms. The molecule has 0 unspecified atom stereocenters. The van der Waals surface area contributed by atoms with Crippen LogP contribution in [0.15, 0.2) is 23.2 Å². The predicted octanol–water partition coefficient (Wildman–Crippen LogP) is 1.09. The fraction of sp³-hybridized carbons (Fsp3) is 0.300. The lowest BCUT2D eigenvalue weighted by molar-refractivity contribution is 0.413. The van der Waals surface area contributed by atoms with Gasteiger partial charge in [-0.15, -0.1) is 0 Å². The summed E-state index contributed by atoms with van der Waals surface area (Å²) in [5, 5.41) is 2.90. The lowest BCUT2D eigenvalue weighted by Gasteiger charge is -2.12. The summed E-state index contributed by atoms with van der Waals surface area (Å²) in [7, 11) is 1.46. The van der Waals surface area contributed by atoms with Crippen LogP contribution in [0.2, 0.25) is 0 Å². The first-order chi connectivity index (χ1) is 7.71. The topological polar surface area (TPSA) is 71.7 Å². The zero-order valence-electron chi connectivity index (χ0n) is 9.25. The molecule has 0 spiro atoms. The molecule has 1 aromatic rings. The minimum atomic E-state index is -0.364. The molecule has 0 aliphatic carbocycles. The summed E-state index contributed by atoms with van der Waals surface area (Å²) >= 11 is 0. The van der Waals surface area contributed by atoms with Crippen LogP contribution in [0.3, 0.4) is 0 Å². The summed E-state index contributed by atoms with van der Waals surface area (Å²) in [6.45, 7) is 2.46. The zero-order valence-corrected chi connectivity index (χ0v) is 9.25. The number of benzene rings is 1. The number of nitrogens with zero attached hydrogens (tertiary/aromatic N) is 1. The number of nitrogens with one attached hydrogen (secondary N) is 2. The van der Waals surface area contributed by atoms with Crippen LogP contribution in [0.4, 0.5) is 10.1 Å². The SMILES string of the molecule is CCN=C(NN)Nc1ccc(F)cc1OC. The summed E-state index contributed by atoms with van der Waals surface area (Å²) in [5.41, 5.74) is 3.00. The molecular weight excluding hydrogens is 211 g/mol. The molecule has 0 fully saturated rings. The molecule has 0 saturated heterocycles. The van der Waals surface area contributed by atoms with Crippen LogP contribution in [-0.2, 0) is 0 Å². The molecule has 1 rings (SSSR count). The van der Waals surface area contributed by atoms with E-state index in [2.05, 4.69) is 15.7 Å². The third-order valence-electron chi connectivity index (χ3n) is 1.87. The molecule has 0 amide bonds. The maximum atomic E-state index is 12.9. The number of guanidine groups is 1. The van der Waals surface area contributed by atoms with Crippen molar-refractivity contribution in [3.63, 3.8) is 0 Å². The number of hydrazine groups is 1. The Morgan fingerprint density at radius 1 is 1.56 bits per heavy atom. The maximum absolute atomic E-state index is 12.9. The van der Waals surface area contributed by atoms with Crippen molar-refractivity contribution in [1.29, 1.82) is 0 Å². The van der Waals surface area contributed by atoms with Crippen molar-refractivity contribution < 1.29 is 9.13 Å². The molecule has 0 aromatic heterocycles. The first-order valence-electron chi connectivity index (χ1n) is 4.83. The van der Waals surface area contributed by atoms with E-state index in [0.29, 0.717) is 23.9 Å². The second-order valence-corrected chi connectivity index (χ2v) is 2.94. The number of anilines is 1. The number of rotatable bonds is 3. The second-order valence-electron chi connectivity index (χ2n) is 2.94. The smallest absolute Gasteiger partial charge is 0.210 e. The molecule has 4 N–H and O–H groups in total. The van der Waals surface area contributed by atoms with Gasteiger partial charge in [0.2, 0.25) is 5.96 Å². The Bertz CT molecular complexity index is 381. The van der Waals surface area contributed by atoms with Gasteiger partial charge in [0.1, 0.15) is 11.6 Å². The van der Waals surface area contributed by atoms with Gasteiger partial charge in [-0.2, -0.15) is 0 Å². The zero-order chi connectivity index (χ0) is 12.0. The number of nitrogens with two attached hydrogens (primary N) is 1. The Balaban J connectivity index is 2.91. The van der Waals surface area contributed by atoms with E-state index in [4.69, 9.17) is 10.6 Å². The molecule has 0 atom stereocenters. The van der Waals surface area contributed by atoms with Gasteiger partial charge in [0.05, 0.1) is 12.8 Å². The summed E-state index contributed by atoms with van der Waals surface area (Å²) in [4.78, 5) is 4.06. The van der Waals surface area contributed by atoms with E-state index in [1.54, 1.807) is 6.07 Å². The first kappa shape index (κ1) is 12.3. The van der Waals surface area contributed by atoms with E-state index in [9.17, 15) is 4.39 Å². The first-order valence-corrected chi connectivity index (χ1v) is 4.83. The highest BCUT2D eigenvalue weighted by molar-refractivity contribution is 5.94. The average molecular weight is 226 g/mol. The minimum Gasteiger partial charge on any atom is -0.494 e. The van der Waals surface area contributed by atoms with Crippen LogP contribution in [0.25, 0.3) is 0 Å². The molecule has 88 valence electrons. The molecule has 0 saturated carbocycles. The Morgan fingerprint density at radius 2 is 2.31 bits per heavy atom. The third-order valence-corrected chi connectivity index (χ3v) is 1.87. The molecule has 0 aliphatic heterocycles. The van der Waals surface area contributed by atoms with Crippen LogP contribution in [0, 0.1) is 5.82 Å². The lowest BCUT2D eigenvalue weighted by Crippen LogP contribution is -2.36. The van der Waals surface area contributed by atoms with Crippen molar-refractivity contribution in [3.05, 3.63) is 24.0 Å². The minimum absolute atomic E-state index is 0.364. The number of ether oxygens (including phenoxy) is 1. The fourth-order valence-corrected chi connectivity index (χ4v) is 1.18. The standard InChI is InChI=1S/C10H15FN4O/c1-3-13-10(15-12)14-8-5-4-7(11)6-9(8)16-2/h4-6H,3,12H2,1-2H3,(H2,13,14,15). The van der Waals surface area contributed by atoms with Crippen molar-refractivity contribution in [2.45, 2.75) is 6.92 Å². The van der Waals surface area contributed by atoms with Crippen LogP contribution < -0.4 is 21.3 Å². The van der Waals surface area contributed by atoms with E-state index in [-0.39, 0.29) is 5.82 Å². The molecule has 0 radical (unpaired) electrons. The van der Waals surface area contributed by atoms with Gasteiger partial charge in [-0.1, -0.05) is 0 Å². The van der Waals surface area contributed by atoms with Gasteiger partial charge >= 0.3 is 0 Å². The number of hydrogen-bond donors (Lipinski definition) is 3. The van der Waals surface area contributed by atoms with Gasteiger partial charge in [-0.25, -0.2) is 10.2 Å². The Labute approximate surface area is 93.5 Å². The molecule has 0 heterocycles. The van der Waals surface area contributed by atoms with Crippen LogP contribution in [-0.4, -0.2) is 19.6 Å². The van der Waals surface area contributed by atoms with E-state index in [1.165, 1.54) is 19.2 Å². The van der Waals surface area contributed by atoms with Gasteiger partial charge in [0.15, 0.2) is 0 Å². The van der Waals surface area contributed by atoms with Crippen molar-refractivity contribution >= 4 is 11.6 Å². The fourth-order valence-electron chi connectivity index (χ4n) is 1.18. The highest BCUT2D eigenvalue weighted by Crippen LogP contribution is 2.24. The normalized spacial score (nSPS) is 11.1. The molecule has 0 bridgehead atoms. The lowest BCUT2D eigenvalue weighted by atomic mass is 10.3. The van der Waals surface area contributed by atoms with Gasteiger partial charge in [0.25, 0.3) is 0 Å². The van der Waals surface area contributed by atoms with E-state index in [1.807, 2.05) is 6.92 Å². The average Bonchev–Trinajstić information content (AvgIpc) is 2.30. The largest absolute Gasteiger partial charge is 0.494 e. The Hall–Kier alpha value is -1.82. The van der Waals surface area contributed by atoms with Gasteiger partial charge in [-0.3, -0.25) is 10.4 Å². The van der Waals surface area contributed by atoms with Crippen LogP contribution in [0.1, 0.15) is 6.92 Å². The van der Waals surface area contributed by atoms with E-state index >= 15 is 0 Å². The van der Waals surface area contributed by atoms with Crippen molar-refractivity contribution in [1.82, 2.24) is 5.43 Å². The maximum Gasteiger partial charge on any atom is 0.210 e. The van der Waals surface area contributed by atoms with Crippen molar-refractivity contribution in [3.8, 4) is 5.75 Å². The highest BCUT2D eigenvalue weighted by atomic mass is 19.1. The van der Waals surface area contributed by atoms with Crippen molar-refractivity contribution in [2.24, 2.45) is 10.8 Å². The molecule has 1 aromatic carbocycles. The number of methoxy groups -OCH3 is 1.